The lowest BCUT2D eigenvalue weighted by Crippen LogP contribution is -2.63. The quantitative estimate of drug-likeness (QED) is 0.835. The van der Waals surface area contributed by atoms with E-state index in [1.807, 2.05) is 0 Å². The van der Waals surface area contributed by atoms with Crippen LogP contribution in [0.15, 0.2) is 0 Å². The lowest BCUT2D eigenvalue weighted by atomic mass is 9.65. The van der Waals surface area contributed by atoms with Gasteiger partial charge in [0.1, 0.15) is 0 Å². The second-order valence-corrected chi connectivity index (χ2v) is 7.14. The molecule has 1 aliphatic carbocycles. The number of nitrogens with one attached hydrogen (secondary N) is 1. The molecule has 5 unspecified atom stereocenters. The highest BCUT2D eigenvalue weighted by Gasteiger charge is 2.46. The van der Waals surface area contributed by atoms with Crippen molar-refractivity contribution >= 4 is 0 Å². The fourth-order valence-electron chi connectivity index (χ4n) is 4.86. The number of rotatable bonds is 4. The fraction of sp³-hybridized carbons (Fsp3) is 1.00. The Labute approximate surface area is 120 Å². The van der Waals surface area contributed by atoms with E-state index in [0.29, 0.717) is 5.54 Å². The lowest BCUT2D eigenvalue weighted by Gasteiger charge is -2.54. The molecule has 2 heteroatoms. The molecular formula is C17H34N2. The number of hydrogen-bond donors (Lipinski definition) is 1. The van der Waals surface area contributed by atoms with E-state index in [1.165, 1.54) is 45.2 Å². The summed E-state index contributed by atoms with van der Waals surface area (Å²) in [6.07, 6.45) is 6.82. The minimum absolute atomic E-state index is 0.381. The van der Waals surface area contributed by atoms with Crippen molar-refractivity contribution in [2.45, 2.75) is 84.3 Å². The summed E-state index contributed by atoms with van der Waals surface area (Å²) in [7, 11) is 0. The predicted octanol–water partition coefficient (Wildman–Crippen LogP) is 3.66. The zero-order chi connectivity index (χ0) is 14.0. The first-order valence-electron chi connectivity index (χ1n) is 8.56. The van der Waals surface area contributed by atoms with Crippen molar-refractivity contribution in [1.82, 2.24) is 10.2 Å². The van der Waals surface area contributed by atoms with Crippen molar-refractivity contribution in [3.8, 4) is 0 Å². The number of fused-ring (bicyclic) bond motifs is 1. The normalized spacial score (nSPS) is 43.3. The van der Waals surface area contributed by atoms with E-state index in [9.17, 15) is 0 Å². The molecule has 0 bridgehead atoms. The molecule has 0 spiro atoms. The van der Waals surface area contributed by atoms with E-state index in [4.69, 9.17) is 0 Å². The Balaban J connectivity index is 2.15. The Bertz CT molecular complexity index is 287. The molecule has 1 N–H and O–H groups in total. The molecule has 2 rings (SSSR count). The van der Waals surface area contributed by atoms with Gasteiger partial charge in [0.05, 0.1) is 0 Å². The third kappa shape index (κ3) is 3.00. The van der Waals surface area contributed by atoms with Gasteiger partial charge in [-0.15, -0.1) is 0 Å². The first-order valence-corrected chi connectivity index (χ1v) is 8.56. The first kappa shape index (κ1) is 15.3. The second kappa shape index (κ2) is 6.13. The van der Waals surface area contributed by atoms with Gasteiger partial charge in [0.15, 0.2) is 0 Å². The average Bonchev–Trinajstić information content (AvgIpc) is 2.39. The van der Waals surface area contributed by atoms with Crippen molar-refractivity contribution < 1.29 is 0 Å². The Morgan fingerprint density at radius 3 is 2.42 bits per heavy atom. The van der Waals surface area contributed by atoms with Gasteiger partial charge in [-0.3, -0.25) is 0 Å². The van der Waals surface area contributed by atoms with Gasteiger partial charge in [-0.1, -0.05) is 34.1 Å². The molecule has 0 aromatic rings. The molecule has 2 nitrogen and oxygen atoms in total. The Kier molecular flexibility index (Phi) is 4.94. The van der Waals surface area contributed by atoms with Crippen molar-refractivity contribution in [2.24, 2.45) is 11.8 Å². The summed E-state index contributed by atoms with van der Waals surface area (Å²) in [4.78, 5) is 2.71. The smallest absolute Gasteiger partial charge is 0.0156 e. The van der Waals surface area contributed by atoms with Crippen molar-refractivity contribution in [2.75, 3.05) is 13.1 Å². The van der Waals surface area contributed by atoms with Crippen molar-refractivity contribution in [3.63, 3.8) is 0 Å². The third-order valence-corrected chi connectivity index (χ3v) is 5.95. The van der Waals surface area contributed by atoms with E-state index in [-0.39, 0.29) is 0 Å². The van der Waals surface area contributed by atoms with Crippen LogP contribution in [0, 0.1) is 11.8 Å². The highest BCUT2D eigenvalue weighted by atomic mass is 15.2. The molecule has 5 atom stereocenters. The maximum atomic E-state index is 4.02. The molecule has 0 aromatic heterocycles. The molecule has 1 saturated carbocycles. The summed E-state index contributed by atoms with van der Waals surface area (Å²) in [6, 6.07) is 1.57. The van der Waals surface area contributed by atoms with Crippen LogP contribution in [0.5, 0.6) is 0 Å². The van der Waals surface area contributed by atoms with Gasteiger partial charge in [-0.2, -0.15) is 0 Å². The zero-order valence-corrected chi connectivity index (χ0v) is 13.7. The van der Waals surface area contributed by atoms with Gasteiger partial charge < -0.3 is 10.2 Å². The molecule has 19 heavy (non-hydrogen) atoms. The van der Waals surface area contributed by atoms with Crippen LogP contribution in [0.2, 0.25) is 0 Å². The van der Waals surface area contributed by atoms with Crippen LogP contribution in [-0.4, -0.2) is 35.6 Å². The SMILES string of the molecule is CCN(CC)C1CCCC2NC(C)(CC)CC(C)C21. The van der Waals surface area contributed by atoms with Gasteiger partial charge in [0, 0.05) is 17.6 Å². The summed E-state index contributed by atoms with van der Waals surface area (Å²) < 4.78 is 0. The molecule has 1 aliphatic heterocycles. The molecule has 2 aliphatic rings. The van der Waals surface area contributed by atoms with Crippen LogP contribution in [0.25, 0.3) is 0 Å². The Hall–Kier alpha value is -0.0800. The minimum Gasteiger partial charge on any atom is -0.308 e. The number of nitrogens with zero attached hydrogens (tertiary/aromatic N) is 1. The predicted molar refractivity (Wildman–Crippen MR) is 83.5 cm³/mol. The highest BCUT2D eigenvalue weighted by Crippen LogP contribution is 2.42. The van der Waals surface area contributed by atoms with E-state index < -0.39 is 0 Å². The zero-order valence-electron chi connectivity index (χ0n) is 13.7. The molecular weight excluding hydrogens is 232 g/mol. The fourth-order valence-corrected chi connectivity index (χ4v) is 4.86. The largest absolute Gasteiger partial charge is 0.308 e. The third-order valence-electron chi connectivity index (χ3n) is 5.95. The van der Waals surface area contributed by atoms with Gasteiger partial charge in [0.25, 0.3) is 0 Å². The lowest BCUT2D eigenvalue weighted by molar-refractivity contribution is 0.00139. The van der Waals surface area contributed by atoms with Gasteiger partial charge in [-0.25, -0.2) is 0 Å². The monoisotopic (exact) mass is 266 g/mol. The van der Waals surface area contributed by atoms with Gasteiger partial charge in [-0.05, 0) is 57.5 Å². The molecule has 1 saturated heterocycles. The summed E-state index contributed by atoms with van der Waals surface area (Å²) in [5.74, 6) is 1.73. The Morgan fingerprint density at radius 1 is 1.16 bits per heavy atom. The highest BCUT2D eigenvalue weighted by molar-refractivity contribution is 5.03. The van der Waals surface area contributed by atoms with Crippen LogP contribution in [0.3, 0.4) is 0 Å². The Morgan fingerprint density at radius 2 is 1.84 bits per heavy atom. The van der Waals surface area contributed by atoms with Crippen LogP contribution < -0.4 is 5.32 Å². The van der Waals surface area contributed by atoms with Crippen LogP contribution in [0.4, 0.5) is 0 Å². The number of hydrogen-bond acceptors (Lipinski definition) is 2. The average molecular weight is 266 g/mol. The topological polar surface area (TPSA) is 15.3 Å². The van der Waals surface area contributed by atoms with Crippen molar-refractivity contribution in [3.05, 3.63) is 0 Å². The summed E-state index contributed by atoms with van der Waals surface area (Å²) in [6.45, 7) is 14.3. The summed E-state index contributed by atoms with van der Waals surface area (Å²) in [5, 5.41) is 4.02. The van der Waals surface area contributed by atoms with E-state index >= 15 is 0 Å². The van der Waals surface area contributed by atoms with Crippen molar-refractivity contribution in [1.29, 1.82) is 0 Å². The summed E-state index contributed by atoms with van der Waals surface area (Å²) >= 11 is 0. The second-order valence-electron chi connectivity index (χ2n) is 7.14. The minimum atomic E-state index is 0.381. The van der Waals surface area contributed by atoms with Gasteiger partial charge >= 0.3 is 0 Å². The van der Waals surface area contributed by atoms with Crippen LogP contribution in [0.1, 0.15) is 66.7 Å². The molecule has 0 radical (unpaired) electrons. The van der Waals surface area contributed by atoms with Gasteiger partial charge in [0.2, 0.25) is 0 Å². The molecule has 112 valence electrons. The van der Waals surface area contributed by atoms with E-state index in [1.54, 1.807) is 0 Å². The van der Waals surface area contributed by atoms with E-state index in [2.05, 4.69) is 44.8 Å². The molecule has 2 fully saturated rings. The van der Waals surface area contributed by atoms with E-state index in [0.717, 1.165) is 23.9 Å². The maximum absolute atomic E-state index is 4.02. The molecule has 0 aromatic carbocycles. The molecule has 1 heterocycles. The standard InChI is InChI=1S/C17H34N2/c1-6-17(5)12-13(4)16-14(18-17)10-9-11-15(16)19(7-2)8-3/h13-16,18H,6-12H2,1-5H3. The number of piperidine rings is 1. The van der Waals surface area contributed by atoms with Crippen LogP contribution in [-0.2, 0) is 0 Å². The maximum Gasteiger partial charge on any atom is 0.0156 e. The molecule has 0 amide bonds. The summed E-state index contributed by atoms with van der Waals surface area (Å²) in [5.41, 5.74) is 0.381. The van der Waals surface area contributed by atoms with Crippen LogP contribution >= 0.6 is 0 Å². The first-order chi connectivity index (χ1) is 9.04.